The normalized spacial score (nSPS) is 22.1. The van der Waals surface area contributed by atoms with Gasteiger partial charge in [0.1, 0.15) is 0 Å². The molecule has 2 aliphatic rings. The van der Waals surface area contributed by atoms with Gasteiger partial charge in [-0.3, -0.25) is 4.79 Å². The van der Waals surface area contributed by atoms with Gasteiger partial charge in [0, 0.05) is 17.7 Å². The summed E-state index contributed by atoms with van der Waals surface area (Å²) in [4.78, 5) is 13.2. The van der Waals surface area contributed by atoms with E-state index in [0.717, 1.165) is 18.4 Å². The fraction of sp³-hybridized carbons (Fsp3) is 0.333. The van der Waals surface area contributed by atoms with Crippen LogP contribution in [-0.2, 0) is 16.3 Å². The van der Waals surface area contributed by atoms with Gasteiger partial charge in [0.25, 0.3) is 0 Å². The van der Waals surface area contributed by atoms with Crippen molar-refractivity contribution in [2.75, 3.05) is 6.26 Å². The summed E-state index contributed by atoms with van der Waals surface area (Å²) in [5, 5.41) is 3.82. The molecule has 1 aromatic carbocycles. The number of aromatic nitrogens is 1. The SMILES string of the molecule is CS(=O)(=O)C1(Cc2ccccc2C(=O)c2cnoc2C2CC2)C=CC=CC1. The summed E-state index contributed by atoms with van der Waals surface area (Å²) >= 11 is 0. The van der Waals surface area contributed by atoms with Gasteiger partial charge in [-0.2, -0.15) is 0 Å². The third-order valence-corrected chi connectivity index (χ3v) is 7.32. The number of ketones is 1. The van der Waals surface area contributed by atoms with E-state index >= 15 is 0 Å². The van der Waals surface area contributed by atoms with Gasteiger partial charge < -0.3 is 4.52 Å². The molecule has 1 saturated carbocycles. The predicted molar refractivity (Wildman–Crippen MR) is 103 cm³/mol. The number of allylic oxidation sites excluding steroid dienone is 3. The van der Waals surface area contributed by atoms with Crippen LogP contribution in [0, 0.1) is 0 Å². The lowest BCUT2D eigenvalue weighted by molar-refractivity contribution is 0.103. The largest absolute Gasteiger partial charge is 0.360 e. The molecule has 0 spiro atoms. The summed E-state index contributed by atoms with van der Waals surface area (Å²) in [7, 11) is -3.37. The molecule has 6 heteroatoms. The molecule has 2 aliphatic carbocycles. The third-order valence-electron chi connectivity index (χ3n) is 5.39. The van der Waals surface area contributed by atoms with Crippen molar-refractivity contribution in [2.45, 2.75) is 36.3 Å². The van der Waals surface area contributed by atoms with Crippen molar-refractivity contribution in [1.29, 1.82) is 0 Å². The maximum atomic E-state index is 13.2. The van der Waals surface area contributed by atoms with Gasteiger partial charge in [-0.1, -0.05) is 53.7 Å². The van der Waals surface area contributed by atoms with Crippen LogP contribution in [0.4, 0.5) is 0 Å². The zero-order valence-electron chi connectivity index (χ0n) is 15.1. The molecule has 0 N–H and O–H groups in total. The lowest BCUT2D eigenvalue weighted by atomic mass is 9.88. The Morgan fingerprint density at radius 1 is 1.22 bits per heavy atom. The van der Waals surface area contributed by atoms with Crippen LogP contribution in [0.2, 0.25) is 0 Å². The number of hydrogen-bond acceptors (Lipinski definition) is 5. The van der Waals surface area contributed by atoms with Crippen molar-refractivity contribution < 1.29 is 17.7 Å². The Morgan fingerprint density at radius 3 is 2.67 bits per heavy atom. The second-order valence-electron chi connectivity index (χ2n) is 7.37. The Hall–Kier alpha value is -2.47. The Bertz CT molecular complexity index is 1040. The standard InChI is InChI=1S/C21H21NO4S/c1-27(24,25)21(11-5-2-6-12-21)13-16-7-3-4-8-17(16)19(23)18-14-22-26-20(18)15-9-10-15/h2-8,11,14-15H,9-10,12-13H2,1H3. The number of benzene rings is 1. The average molecular weight is 383 g/mol. The zero-order chi connectivity index (χ0) is 19.1. The van der Waals surface area contributed by atoms with Gasteiger partial charge in [-0.05, 0) is 31.2 Å². The van der Waals surface area contributed by atoms with Crippen molar-refractivity contribution in [3.63, 3.8) is 0 Å². The highest BCUT2D eigenvalue weighted by Crippen LogP contribution is 2.42. The van der Waals surface area contributed by atoms with E-state index in [4.69, 9.17) is 4.52 Å². The first-order valence-electron chi connectivity index (χ1n) is 9.02. The van der Waals surface area contributed by atoms with E-state index < -0.39 is 14.6 Å². The maximum Gasteiger partial charge on any atom is 0.198 e. The molecular weight excluding hydrogens is 362 g/mol. The second-order valence-corrected chi connectivity index (χ2v) is 9.73. The van der Waals surface area contributed by atoms with Crippen molar-refractivity contribution >= 4 is 15.6 Å². The van der Waals surface area contributed by atoms with E-state index in [9.17, 15) is 13.2 Å². The summed E-state index contributed by atoms with van der Waals surface area (Å²) in [6, 6.07) is 7.21. The Labute approximate surface area is 158 Å². The molecule has 5 nitrogen and oxygen atoms in total. The van der Waals surface area contributed by atoms with Gasteiger partial charge in [0.2, 0.25) is 0 Å². The molecule has 140 valence electrons. The highest BCUT2D eigenvalue weighted by Gasteiger charge is 2.39. The fourth-order valence-corrected chi connectivity index (χ4v) is 4.75. The molecule has 1 unspecified atom stereocenters. The van der Waals surface area contributed by atoms with Crippen LogP contribution in [-0.4, -0.2) is 30.4 Å². The molecule has 1 heterocycles. The van der Waals surface area contributed by atoms with Gasteiger partial charge in [-0.15, -0.1) is 0 Å². The Balaban J connectivity index is 1.73. The first-order valence-corrected chi connectivity index (χ1v) is 10.9. The Kier molecular flexibility index (Phi) is 4.38. The molecule has 4 rings (SSSR count). The van der Waals surface area contributed by atoms with E-state index in [-0.39, 0.29) is 18.1 Å². The number of sulfone groups is 1. The van der Waals surface area contributed by atoms with Gasteiger partial charge in [0.05, 0.1) is 16.5 Å². The number of hydrogen-bond donors (Lipinski definition) is 0. The summed E-state index contributed by atoms with van der Waals surface area (Å²) < 4.78 is 29.4. The van der Waals surface area contributed by atoms with Crippen LogP contribution >= 0.6 is 0 Å². The topological polar surface area (TPSA) is 77.2 Å². The van der Waals surface area contributed by atoms with E-state index in [1.54, 1.807) is 24.3 Å². The molecule has 0 amide bonds. The van der Waals surface area contributed by atoms with Crippen LogP contribution in [0.3, 0.4) is 0 Å². The van der Waals surface area contributed by atoms with Crippen molar-refractivity contribution in [1.82, 2.24) is 5.16 Å². The minimum Gasteiger partial charge on any atom is -0.360 e. The number of carbonyl (C=O) groups excluding carboxylic acids is 1. The minimum atomic E-state index is -3.37. The molecule has 1 atom stereocenters. The molecule has 0 bridgehead atoms. The molecule has 1 aromatic heterocycles. The van der Waals surface area contributed by atoms with Gasteiger partial charge in [0.15, 0.2) is 21.4 Å². The lowest BCUT2D eigenvalue weighted by Gasteiger charge is -2.30. The van der Waals surface area contributed by atoms with Crippen molar-refractivity contribution in [2.24, 2.45) is 0 Å². The zero-order valence-corrected chi connectivity index (χ0v) is 15.9. The molecular formula is C21H21NO4S. The van der Waals surface area contributed by atoms with E-state index in [1.807, 2.05) is 24.3 Å². The van der Waals surface area contributed by atoms with E-state index in [1.165, 1.54) is 12.5 Å². The molecule has 27 heavy (non-hydrogen) atoms. The quantitative estimate of drug-likeness (QED) is 0.712. The van der Waals surface area contributed by atoms with Gasteiger partial charge in [-0.25, -0.2) is 8.42 Å². The van der Waals surface area contributed by atoms with E-state index in [2.05, 4.69) is 5.16 Å². The van der Waals surface area contributed by atoms with Crippen LogP contribution in [0.25, 0.3) is 0 Å². The molecule has 0 aliphatic heterocycles. The smallest absolute Gasteiger partial charge is 0.198 e. The fourth-order valence-electron chi connectivity index (χ4n) is 3.60. The van der Waals surface area contributed by atoms with Crippen LogP contribution in [0.5, 0.6) is 0 Å². The highest BCUT2D eigenvalue weighted by molar-refractivity contribution is 7.92. The molecule has 2 aromatic rings. The third kappa shape index (κ3) is 3.30. The summed E-state index contributed by atoms with van der Waals surface area (Å²) in [5.74, 6) is 0.758. The van der Waals surface area contributed by atoms with Gasteiger partial charge >= 0.3 is 0 Å². The molecule has 0 saturated heterocycles. The highest BCUT2D eigenvalue weighted by atomic mass is 32.2. The first-order chi connectivity index (χ1) is 12.9. The second kappa shape index (κ2) is 6.60. The summed E-state index contributed by atoms with van der Waals surface area (Å²) in [6.45, 7) is 0. The predicted octanol–water partition coefficient (Wildman–Crippen LogP) is 3.63. The first kappa shape index (κ1) is 17.9. The number of nitrogens with zero attached hydrogens (tertiary/aromatic N) is 1. The summed E-state index contributed by atoms with van der Waals surface area (Å²) in [5.41, 5.74) is 1.71. The monoisotopic (exact) mass is 383 g/mol. The number of rotatable bonds is 6. The van der Waals surface area contributed by atoms with Crippen LogP contribution in [0.15, 0.2) is 59.3 Å². The lowest BCUT2D eigenvalue weighted by Crippen LogP contribution is -2.39. The van der Waals surface area contributed by atoms with Crippen LogP contribution < -0.4 is 0 Å². The van der Waals surface area contributed by atoms with E-state index in [0.29, 0.717) is 23.3 Å². The average Bonchev–Trinajstić information content (AvgIpc) is 3.38. The summed E-state index contributed by atoms with van der Waals surface area (Å²) in [6.07, 6.45) is 12.6. The van der Waals surface area contributed by atoms with Crippen molar-refractivity contribution in [3.8, 4) is 0 Å². The maximum absolute atomic E-state index is 13.2. The van der Waals surface area contributed by atoms with Crippen molar-refractivity contribution in [3.05, 3.63) is 77.2 Å². The Morgan fingerprint density at radius 2 is 2.00 bits per heavy atom. The minimum absolute atomic E-state index is 0.160. The number of carbonyl (C=O) groups is 1. The molecule has 0 radical (unpaired) electrons. The molecule has 1 fully saturated rings. The van der Waals surface area contributed by atoms with Crippen LogP contribution in [0.1, 0.15) is 52.4 Å².